The summed E-state index contributed by atoms with van der Waals surface area (Å²) >= 11 is 2.16. The summed E-state index contributed by atoms with van der Waals surface area (Å²) in [5.41, 5.74) is -0.114. The molecule has 18 heavy (non-hydrogen) atoms. The number of hydrogen-bond acceptors (Lipinski definition) is 2. The van der Waals surface area contributed by atoms with Gasteiger partial charge in [-0.3, -0.25) is 4.79 Å². The number of alkyl halides is 1. The molecule has 3 nitrogen and oxygen atoms in total. The second-order valence-corrected chi connectivity index (χ2v) is 7.91. The molecule has 0 aromatic rings. The lowest BCUT2D eigenvalue weighted by Crippen LogP contribution is -3.10. The van der Waals surface area contributed by atoms with E-state index in [9.17, 15) is 4.79 Å². The van der Waals surface area contributed by atoms with E-state index in [2.05, 4.69) is 29.6 Å². The zero-order valence-electron chi connectivity index (χ0n) is 11.5. The van der Waals surface area contributed by atoms with Crippen molar-refractivity contribution in [2.45, 2.75) is 55.0 Å². The van der Waals surface area contributed by atoms with Crippen molar-refractivity contribution in [3.63, 3.8) is 0 Å². The average Bonchev–Trinajstić information content (AvgIpc) is 2.79. The number of piperidine rings is 1. The highest BCUT2D eigenvalue weighted by Crippen LogP contribution is 2.43. The van der Waals surface area contributed by atoms with Gasteiger partial charge in [0.2, 0.25) is 0 Å². The third-order valence-corrected chi connectivity index (χ3v) is 5.17. The highest BCUT2D eigenvalue weighted by Gasteiger charge is 2.46. The van der Waals surface area contributed by atoms with Crippen molar-refractivity contribution >= 4 is 28.6 Å². The van der Waals surface area contributed by atoms with Gasteiger partial charge in [0.05, 0.1) is 20.1 Å². The predicted molar refractivity (Wildman–Crippen MR) is 80.1 cm³/mol. The minimum absolute atomic E-state index is 0.0104. The molecule has 0 aromatic carbocycles. The van der Waals surface area contributed by atoms with Gasteiger partial charge in [0.1, 0.15) is 9.53 Å². The number of carbonyl (C=O) groups excluding carboxylic acids is 1. The van der Waals surface area contributed by atoms with Gasteiger partial charge < -0.3 is 9.64 Å². The van der Waals surface area contributed by atoms with E-state index in [-0.39, 0.29) is 15.5 Å². The maximum Gasteiger partial charge on any atom is 0.319 e. The van der Waals surface area contributed by atoms with Gasteiger partial charge in [-0.25, -0.2) is 0 Å². The summed E-state index contributed by atoms with van der Waals surface area (Å²) < 4.78 is 5.95. The lowest BCUT2D eigenvalue weighted by Gasteiger charge is -2.40. The van der Waals surface area contributed by atoms with Crippen molar-refractivity contribution in [3.05, 3.63) is 0 Å². The van der Waals surface area contributed by atoms with E-state index in [1.54, 1.807) is 4.90 Å². The fraction of sp³-hybridized carbons (Fsp3) is 0.929. The molecular weight excluding hydrogens is 341 g/mol. The van der Waals surface area contributed by atoms with Gasteiger partial charge in [0, 0.05) is 18.8 Å². The second-order valence-electron chi connectivity index (χ2n) is 6.04. The fourth-order valence-corrected chi connectivity index (χ4v) is 3.61. The Bertz CT molecular complexity index is 292. The van der Waals surface area contributed by atoms with Crippen molar-refractivity contribution in [1.82, 2.24) is 0 Å². The Morgan fingerprint density at radius 1 is 1.33 bits per heavy atom. The van der Waals surface area contributed by atoms with Crippen LogP contribution in [0.5, 0.6) is 0 Å². The molecule has 1 saturated carbocycles. The molecule has 4 heteroatoms. The summed E-state index contributed by atoms with van der Waals surface area (Å²) in [4.78, 5) is 13.6. The molecule has 2 fully saturated rings. The maximum atomic E-state index is 12.0. The summed E-state index contributed by atoms with van der Waals surface area (Å²) in [5.74, 6) is 0.589. The summed E-state index contributed by atoms with van der Waals surface area (Å²) in [6.07, 6.45) is 7.06. The van der Waals surface area contributed by atoms with E-state index in [4.69, 9.17) is 4.74 Å². The Labute approximate surface area is 124 Å². The first-order chi connectivity index (χ1) is 8.53. The standard InChI is InChI=1S/C14H24INO2/c1-11(15)13(17)18-14(7-3-4-8-14)12-5-9-16(2)10-6-12/h11-12H,3-10H2,1-2H3/p+1. The number of nitrogens with one attached hydrogen (secondary N) is 1. The minimum atomic E-state index is -0.114. The molecule has 1 atom stereocenters. The molecule has 1 unspecified atom stereocenters. The molecule has 1 heterocycles. The molecule has 1 aliphatic carbocycles. The summed E-state index contributed by atoms with van der Waals surface area (Å²) in [5, 5.41) is 0. The molecule has 1 N–H and O–H groups in total. The van der Waals surface area contributed by atoms with Crippen molar-refractivity contribution in [1.29, 1.82) is 0 Å². The van der Waals surface area contributed by atoms with Gasteiger partial charge in [-0.1, -0.05) is 22.6 Å². The number of carbonyl (C=O) groups is 1. The SMILES string of the molecule is CC(I)C(=O)OC1(C2CC[NH+](C)CC2)CCCC1. The van der Waals surface area contributed by atoms with Gasteiger partial charge in [-0.05, 0) is 32.6 Å². The van der Waals surface area contributed by atoms with Crippen LogP contribution in [0.25, 0.3) is 0 Å². The van der Waals surface area contributed by atoms with E-state index >= 15 is 0 Å². The number of likely N-dealkylation sites (tertiary alicyclic amines) is 1. The molecule has 104 valence electrons. The van der Waals surface area contributed by atoms with Gasteiger partial charge in [-0.2, -0.15) is 0 Å². The third kappa shape index (κ3) is 3.18. The minimum Gasteiger partial charge on any atom is -0.458 e. The normalized spacial score (nSPS) is 33.1. The summed E-state index contributed by atoms with van der Waals surface area (Å²) in [6, 6.07) is 0. The summed E-state index contributed by atoms with van der Waals surface area (Å²) in [6.45, 7) is 4.37. The quantitative estimate of drug-likeness (QED) is 0.467. The van der Waals surface area contributed by atoms with E-state index in [1.807, 2.05) is 6.92 Å². The van der Waals surface area contributed by atoms with E-state index < -0.39 is 0 Å². The Hall–Kier alpha value is 0.160. The van der Waals surface area contributed by atoms with Crippen LogP contribution in [0.4, 0.5) is 0 Å². The lowest BCUT2D eigenvalue weighted by molar-refractivity contribution is -0.886. The molecule has 0 radical (unpaired) electrons. The van der Waals surface area contributed by atoms with Crippen LogP contribution in [-0.2, 0) is 9.53 Å². The monoisotopic (exact) mass is 366 g/mol. The largest absolute Gasteiger partial charge is 0.458 e. The average molecular weight is 366 g/mol. The Kier molecular flexibility index (Phi) is 4.92. The molecule has 0 aromatic heterocycles. The Morgan fingerprint density at radius 2 is 1.89 bits per heavy atom. The number of ether oxygens (including phenoxy) is 1. The van der Waals surface area contributed by atoms with Crippen LogP contribution in [0.1, 0.15) is 45.4 Å². The number of hydrogen-bond donors (Lipinski definition) is 1. The molecule has 0 spiro atoms. The van der Waals surface area contributed by atoms with Crippen LogP contribution in [0.2, 0.25) is 0 Å². The Balaban J connectivity index is 2.04. The molecule has 2 aliphatic rings. The molecule has 1 saturated heterocycles. The van der Waals surface area contributed by atoms with Crippen molar-refractivity contribution in [2.24, 2.45) is 5.92 Å². The molecular formula is C14H25INO2+. The first kappa shape index (κ1) is 14.6. The zero-order valence-corrected chi connectivity index (χ0v) is 13.7. The predicted octanol–water partition coefficient (Wildman–Crippen LogP) is 1.59. The van der Waals surface area contributed by atoms with Crippen LogP contribution in [0, 0.1) is 5.92 Å². The highest BCUT2D eigenvalue weighted by molar-refractivity contribution is 14.1. The zero-order chi connectivity index (χ0) is 13.2. The number of rotatable bonds is 3. The third-order valence-electron chi connectivity index (χ3n) is 4.66. The van der Waals surface area contributed by atoms with Crippen LogP contribution < -0.4 is 4.90 Å². The smallest absolute Gasteiger partial charge is 0.319 e. The lowest BCUT2D eigenvalue weighted by atomic mass is 9.79. The Morgan fingerprint density at radius 3 is 2.39 bits per heavy atom. The van der Waals surface area contributed by atoms with Gasteiger partial charge >= 0.3 is 5.97 Å². The number of halogens is 1. The van der Waals surface area contributed by atoms with E-state index in [1.165, 1.54) is 38.8 Å². The number of quaternary nitrogens is 1. The van der Waals surface area contributed by atoms with Crippen molar-refractivity contribution in [2.75, 3.05) is 20.1 Å². The first-order valence-electron chi connectivity index (χ1n) is 7.22. The maximum absolute atomic E-state index is 12.0. The van der Waals surface area contributed by atoms with Crippen LogP contribution >= 0.6 is 22.6 Å². The molecule has 0 bridgehead atoms. The highest BCUT2D eigenvalue weighted by atomic mass is 127. The van der Waals surface area contributed by atoms with Gasteiger partial charge in [0.25, 0.3) is 0 Å². The fourth-order valence-electron chi connectivity index (χ4n) is 3.49. The molecule has 1 aliphatic heterocycles. The van der Waals surface area contributed by atoms with E-state index in [0.29, 0.717) is 5.92 Å². The van der Waals surface area contributed by atoms with Crippen LogP contribution in [0.15, 0.2) is 0 Å². The summed E-state index contributed by atoms with van der Waals surface area (Å²) in [7, 11) is 2.26. The van der Waals surface area contributed by atoms with E-state index in [0.717, 1.165) is 12.8 Å². The topological polar surface area (TPSA) is 30.7 Å². The van der Waals surface area contributed by atoms with Crippen molar-refractivity contribution < 1.29 is 14.4 Å². The number of esters is 1. The van der Waals surface area contributed by atoms with Crippen LogP contribution in [-0.4, -0.2) is 35.6 Å². The van der Waals surface area contributed by atoms with Gasteiger partial charge in [-0.15, -0.1) is 0 Å². The second kappa shape index (κ2) is 6.07. The van der Waals surface area contributed by atoms with Gasteiger partial charge in [0.15, 0.2) is 0 Å². The van der Waals surface area contributed by atoms with Crippen molar-refractivity contribution in [3.8, 4) is 0 Å². The first-order valence-corrected chi connectivity index (χ1v) is 8.46. The van der Waals surface area contributed by atoms with Crippen LogP contribution in [0.3, 0.4) is 0 Å². The molecule has 0 amide bonds. The molecule has 2 rings (SSSR count).